The van der Waals surface area contributed by atoms with Crippen LogP contribution in [0, 0.1) is 0 Å². The number of fused-ring (bicyclic) bond motifs is 2. The fourth-order valence-corrected chi connectivity index (χ4v) is 2.67. The number of benzene rings is 1. The molecule has 0 aromatic heterocycles. The first kappa shape index (κ1) is 8.48. The van der Waals surface area contributed by atoms with Crippen LogP contribution in [-0.2, 0) is 16.8 Å². The van der Waals surface area contributed by atoms with Crippen LogP contribution in [-0.4, -0.2) is 5.91 Å². The van der Waals surface area contributed by atoms with E-state index in [1.807, 2.05) is 6.07 Å². The first-order valence-electron chi connectivity index (χ1n) is 4.80. The summed E-state index contributed by atoms with van der Waals surface area (Å²) in [7, 11) is 0. The Morgan fingerprint density at radius 2 is 2.14 bits per heavy atom. The van der Waals surface area contributed by atoms with Crippen molar-refractivity contribution in [1.29, 1.82) is 0 Å². The number of halogens is 1. The van der Waals surface area contributed by atoms with Crippen LogP contribution in [0.5, 0.6) is 0 Å². The third-order valence-corrected chi connectivity index (χ3v) is 3.70. The summed E-state index contributed by atoms with van der Waals surface area (Å²) in [6.07, 6.45) is 2.01. The molecular weight excluding hydrogens is 242 g/mol. The fraction of sp³-hybridized carbons (Fsp3) is 0.364. The van der Waals surface area contributed by atoms with Gasteiger partial charge in [0, 0.05) is 11.0 Å². The van der Waals surface area contributed by atoms with E-state index in [1.54, 1.807) is 0 Å². The summed E-state index contributed by atoms with van der Waals surface area (Å²) >= 11 is 3.45. The molecule has 0 atom stereocenters. The molecule has 3 heteroatoms. The minimum absolute atomic E-state index is 0.158. The Labute approximate surface area is 90.8 Å². The number of carbonyl (C=O) groups excluding carboxylic acids is 1. The molecule has 0 bridgehead atoms. The van der Waals surface area contributed by atoms with E-state index >= 15 is 0 Å². The van der Waals surface area contributed by atoms with E-state index < -0.39 is 0 Å². The minimum atomic E-state index is -0.158. The molecule has 1 aliphatic carbocycles. The van der Waals surface area contributed by atoms with E-state index in [4.69, 9.17) is 0 Å². The van der Waals surface area contributed by atoms with E-state index in [9.17, 15) is 4.79 Å². The second-order valence-corrected chi connectivity index (χ2v) is 4.98. The highest BCUT2D eigenvalue weighted by atomic mass is 79.9. The summed E-state index contributed by atoms with van der Waals surface area (Å²) in [5.41, 5.74) is 2.34. The van der Waals surface area contributed by atoms with Gasteiger partial charge < -0.3 is 5.32 Å². The Bertz CT molecular complexity index is 423. The molecule has 1 aliphatic heterocycles. The van der Waals surface area contributed by atoms with Crippen molar-refractivity contribution in [2.75, 3.05) is 0 Å². The largest absolute Gasteiger partial charge is 0.351 e. The molecule has 0 radical (unpaired) electrons. The van der Waals surface area contributed by atoms with Crippen LogP contribution in [0.25, 0.3) is 0 Å². The lowest BCUT2D eigenvalue weighted by Gasteiger charge is -2.25. The summed E-state index contributed by atoms with van der Waals surface area (Å²) in [5.74, 6) is 0.215. The summed E-state index contributed by atoms with van der Waals surface area (Å²) in [6, 6.07) is 6.22. The molecule has 1 aromatic carbocycles. The quantitative estimate of drug-likeness (QED) is 0.752. The number of hydrogen-bond acceptors (Lipinski definition) is 1. The Balaban J connectivity index is 2.18. The van der Waals surface area contributed by atoms with Gasteiger partial charge in [-0.3, -0.25) is 4.79 Å². The highest BCUT2D eigenvalue weighted by Crippen LogP contribution is 2.51. The molecule has 1 fully saturated rings. The van der Waals surface area contributed by atoms with Crippen LogP contribution in [0.4, 0.5) is 0 Å². The van der Waals surface area contributed by atoms with Crippen LogP contribution in [0.2, 0.25) is 0 Å². The lowest BCUT2D eigenvalue weighted by molar-refractivity contribution is -0.124. The normalized spacial score (nSPS) is 21.6. The maximum atomic E-state index is 11.7. The average Bonchev–Trinajstić information content (AvgIpc) is 2.94. The molecule has 1 N–H and O–H groups in total. The van der Waals surface area contributed by atoms with Crippen LogP contribution in [0.15, 0.2) is 22.7 Å². The molecule has 1 saturated carbocycles. The standard InChI is InChI=1S/C11H10BrNO/c12-8-1-2-9-7(5-8)6-13-10(14)11(9)3-4-11/h1-2,5H,3-4,6H2,(H,13,14). The Hall–Kier alpha value is -0.830. The predicted octanol–water partition coefficient (Wildman–Crippen LogP) is 2.11. The highest BCUT2D eigenvalue weighted by molar-refractivity contribution is 9.10. The van der Waals surface area contributed by atoms with Gasteiger partial charge in [0.1, 0.15) is 0 Å². The fourth-order valence-electron chi connectivity index (χ4n) is 2.26. The highest BCUT2D eigenvalue weighted by Gasteiger charge is 2.53. The SMILES string of the molecule is O=C1NCc2cc(Br)ccc2C12CC2. The Kier molecular flexibility index (Phi) is 1.57. The number of carbonyl (C=O) groups is 1. The smallest absolute Gasteiger partial charge is 0.230 e. The van der Waals surface area contributed by atoms with Crippen molar-refractivity contribution < 1.29 is 4.79 Å². The molecule has 72 valence electrons. The van der Waals surface area contributed by atoms with Crippen molar-refractivity contribution in [3.63, 3.8) is 0 Å². The van der Waals surface area contributed by atoms with Gasteiger partial charge in [-0.05, 0) is 36.1 Å². The first-order chi connectivity index (χ1) is 6.72. The van der Waals surface area contributed by atoms with Gasteiger partial charge in [-0.15, -0.1) is 0 Å². The summed E-state index contributed by atoms with van der Waals surface area (Å²) in [4.78, 5) is 11.7. The lowest BCUT2D eigenvalue weighted by Crippen LogP contribution is -2.39. The third kappa shape index (κ3) is 0.989. The molecule has 1 aromatic rings. The van der Waals surface area contributed by atoms with E-state index in [0.29, 0.717) is 6.54 Å². The Morgan fingerprint density at radius 3 is 2.86 bits per heavy atom. The minimum Gasteiger partial charge on any atom is -0.351 e. The summed E-state index contributed by atoms with van der Waals surface area (Å²) in [5, 5.41) is 2.96. The molecule has 3 rings (SSSR count). The zero-order valence-corrected chi connectivity index (χ0v) is 9.23. The number of hydrogen-bond donors (Lipinski definition) is 1. The predicted molar refractivity (Wildman–Crippen MR) is 56.9 cm³/mol. The molecule has 1 spiro atoms. The third-order valence-electron chi connectivity index (χ3n) is 3.21. The summed E-state index contributed by atoms with van der Waals surface area (Å²) < 4.78 is 1.09. The molecule has 1 heterocycles. The monoisotopic (exact) mass is 251 g/mol. The molecule has 0 saturated heterocycles. The molecule has 14 heavy (non-hydrogen) atoms. The van der Waals surface area contributed by atoms with Crippen molar-refractivity contribution >= 4 is 21.8 Å². The van der Waals surface area contributed by atoms with Gasteiger partial charge in [-0.1, -0.05) is 22.0 Å². The maximum absolute atomic E-state index is 11.7. The summed E-state index contributed by atoms with van der Waals surface area (Å²) in [6.45, 7) is 0.676. The van der Waals surface area contributed by atoms with Crippen LogP contribution in [0.1, 0.15) is 24.0 Å². The molecule has 1 amide bonds. The second kappa shape index (κ2) is 2.60. The number of amides is 1. The Morgan fingerprint density at radius 1 is 1.36 bits per heavy atom. The van der Waals surface area contributed by atoms with Gasteiger partial charge in [0.15, 0.2) is 0 Å². The van der Waals surface area contributed by atoms with Crippen molar-refractivity contribution in [3.8, 4) is 0 Å². The van der Waals surface area contributed by atoms with Gasteiger partial charge in [0.05, 0.1) is 5.41 Å². The van der Waals surface area contributed by atoms with Gasteiger partial charge in [-0.25, -0.2) is 0 Å². The topological polar surface area (TPSA) is 29.1 Å². The molecular formula is C11H10BrNO. The van der Waals surface area contributed by atoms with Crippen LogP contribution >= 0.6 is 15.9 Å². The maximum Gasteiger partial charge on any atom is 0.230 e. The average molecular weight is 252 g/mol. The second-order valence-electron chi connectivity index (χ2n) is 4.07. The molecule has 2 nitrogen and oxygen atoms in total. The zero-order valence-electron chi connectivity index (χ0n) is 7.64. The number of rotatable bonds is 0. The van der Waals surface area contributed by atoms with Gasteiger partial charge in [-0.2, -0.15) is 0 Å². The van der Waals surface area contributed by atoms with Crippen molar-refractivity contribution in [2.45, 2.75) is 24.8 Å². The van der Waals surface area contributed by atoms with E-state index in [-0.39, 0.29) is 11.3 Å². The van der Waals surface area contributed by atoms with E-state index in [1.165, 1.54) is 11.1 Å². The van der Waals surface area contributed by atoms with Gasteiger partial charge >= 0.3 is 0 Å². The zero-order chi connectivity index (χ0) is 9.76. The lowest BCUT2D eigenvalue weighted by atomic mass is 9.87. The van der Waals surface area contributed by atoms with E-state index in [2.05, 4.69) is 33.4 Å². The van der Waals surface area contributed by atoms with Gasteiger partial charge in [0.25, 0.3) is 0 Å². The van der Waals surface area contributed by atoms with Crippen molar-refractivity contribution in [3.05, 3.63) is 33.8 Å². The van der Waals surface area contributed by atoms with Crippen molar-refractivity contribution in [2.24, 2.45) is 0 Å². The van der Waals surface area contributed by atoms with Crippen LogP contribution < -0.4 is 5.32 Å². The number of nitrogens with one attached hydrogen (secondary N) is 1. The first-order valence-corrected chi connectivity index (χ1v) is 5.59. The van der Waals surface area contributed by atoms with Crippen molar-refractivity contribution in [1.82, 2.24) is 5.32 Å². The molecule has 0 unspecified atom stereocenters. The molecule has 2 aliphatic rings. The van der Waals surface area contributed by atoms with Gasteiger partial charge in [0.2, 0.25) is 5.91 Å². The van der Waals surface area contributed by atoms with Crippen LogP contribution in [0.3, 0.4) is 0 Å². The van der Waals surface area contributed by atoms with E-state index in [0.717, 1.165) is 17.3 Å².